The molecule has 4 rings (SSSR count). The molecule has 154 valence electrons. The third-order valence-corrected chi connectivity index (χ3v) is 5.62. The fourth-order valence-electron chi connectivity index (χ4n) is 3.69. The lowest BCUT2D eigenvalue weighted by molar-refractivity contribution is -0.117. The quantitative estimate of drug-likeness (QED) is 0.815. The van der Waals surface area contributed by atoms with Crippen molar-refractivity contribution in [2.75, 3.05) is 17.3 Å². The second-order valence-electron chi connectivity index (χ2n) is 7.72. The number of aromatic nitrogens is 2. The van der Waals surface area contributed by atoms with E-state index in [9.17, 15) is 13.6 Å². The monoisotopic (exact) mass is 404 g/mol. The molecular formula is C20H22F2N4O3. The second kappa shape index (κ2) is 7.13. The van der Waals surface area contributed by atoms with Gasteiger partial charge in [-0.3, -0.25) is 4.79 Å². The Morgan fingerprint density at radius 3 is 2.59 bits per heavy atom. The molecule has 0 saturated heterocycles. The minimum atomic E-state index is -1.04. The summed E-state index contributed by atoms with van der Waals surface area (Å²) >= 11 is 0. The first-order valence-electron chi connectivity index (χ1n) is 9.48. The van der Waals surface area contributed by atoms with E-state index in [1.165, 1.54) is 0 Å². The Labute approximate surface area is 166 Å². The molecule has 1 aromatic carbocycles. The van der Waals surface area contributed by atoms with Crippen molar-refractivity contribution in [2.45, 2.75) is 45.3 Å². The Bertz CT molecular complexity index is 955. The van der Waals surface area contributed by atoms with Gasteiger partial charge in [0, 0.05) is 25.6 Å². The number of fused-ring (bicyclic) bond motifs is 1. The number of rotatable bonds is 4. The van der Waals surface area contributed by atoms with Gasteiger partial charge in [0.2, 0.25) is 5.91 Å². The van der Waals surface area contributed by atoms with E-state index in [0.29, 0.717) is 42.5 Å². The molecule has 2 aromatic rings. The predicted octanol–water partition coefficient (Wildman–Crippen LogP) is 2.95. The number of hydrogen-bond acceptors (Lipinski definition) is 6. The number of ether oxygens (including phenoxy) is 1. The lowest BCUT2D eigenvalue weighted by Gasteiger charge is -2.36. The van der Waals surface area contributed by atoms with Gasteiger partial charge in [0.25, 0.3) is 0 Å². The zero-order chi connectivity index (χ0) is 20.9. The number of hydrogen-bond donors (Lipinski definition) is 2. The van der Waals surface area contributed by atoms with Crippen LogP contribution in [0, 0.1) is 24.5 Å². The first-order valence-corrected chi connectivity index (χ1v) is 9.48. The van der Waals surface area contributed by atoms with Crippen LogP contribution in [-0.4, -0.2) is 40.2 Å². The summed E-state index contributed by atoms with van der Waals surface area (Å²) in [4.78, 5) is 23.0. The zero-order valence-electron chi connectivity index (χ0n) is 16.4. The van der Waals surface area contributed by atoms with Crippen LogP contribution in [0.4, 0.5) is 20.3 Å². The number of aryl methyl sites for hydroxylation is 1. The summed E-state index contributed by atoms with van der Waals surface area (Å²) in [6.45, 7) is 3.66. The predicted molar refractivity (Wildman–Crippen MR) is 102 cm³/mol. The van der Waals surface area contributed by atoms with Gasteiger partial charge in [0.1, 0.15) is 23.3 Å². The SMILES string of the molecule is Cc1nc(CC2CC(Oc3cc(F)c(O)c(F)c3)C2)nc2c1NC(=O)[C@H](C)N2C. The lowest BCUT2D eigenvalue weighted by Crippen LogP contribution is -2.45. The normalized spacial score (nSPS) is 23.3. The molecule has 2 N–H and O–H groups in total. The molecule has 1 aliphatic carbocycles. The molecule has 1 atom stereocenters. The average molecular weight is 404 g/mol. The summed E-state index contributed by atoms with van der Waals surface area (Å²) in [5.41, 5.74) is 1.37. The number of nitrogens with one attached hydrogen (secondary N) is 1. The molecule has 1 aliphatic heterocycles. The molecule has 1 fully saturated rings. The maximum absolute atomic E-state index is 13.4. The Kier molecular flexibility index (Phi) is 4.76. The van der Waals surface area contributed by atoms with Crippen LogP contribution in [0.2, 0.25) is 0 Å². The van der Waals surface area contributed by atoms with Crippen molar-refractivity contribution in [1.82, 2.24) is 9.97 Å². The molecule has 29 heavy (non-hydrogen) atoms. The smallest absolute Gasteiger partial charge is 0.246 e. The Hall–Kier alpha value is -2.97. The number of amides is 1. The summed E-state index contributed by atoms with van der Waals surface area (Å²) < 4.78 is 32.4. The highest BCUT2D eigenvalue weighted by atomic mass is 19.1. The van der Waals surface area contributed by atoms with Crippen molar-refractivity contribution in [3.05, 3.63) is 35.3 Å². The first kappa shape index (κ1) is 19.4. The van der Waals surface area contributed by atoms with Gasteiger partial charge in [-0.2, -0.15) is 0 Å². The average Bonchev–Trinajstić information content (AvgIpc) is 2.63. The number of halogens is 2. The van der Waals surface area contributed by atoms with Gasteiger partial charge in [-0.15, -0.1) is 0 Å². The highest BCUT2D eigenvalue weighted by molar-refractivity contribution is 6.02. The number of aromatic hydroxyl groups is 1. The molecule has 2 aliphatic rings. The van der Waals surface area contributed by atoms with Crippen LogP contribution < -0.4 is 15.0 Å². The third kappa shape index (κ3) is 3.56. The van der Waals surface area contributed by atoms with Crippen molar-refractivity contribution in [3.63, 3.8) is 0 Å². The lowest BCUT2D eigenvalue weighted by atomic mass is 9.80. The Morgan fingerprint density at radius 1 is 1.28 bits per heavy atom. The fraction of sp³-hybridized carbons (Fsp3) is 0.450. The third-order valence-electron chi connectivity index (χ3n) is 5.62. The summed E-state index contributed by atoms with van der Waals surface area (Å²) in [6.07, 6.45) is 1.94. The molecule has 1 amide bonds. The van der Waals surface area contributed by atoms with Crippen molar-refractivity contribution in [3.8, 4) is 11.5 Å². The van der Waals surface area contributed by atoms with Crippen LogP contribution in [0.1, 0.15) is 31.3 Å². The fourth-order valence-corrected chi connectivity index (χ4v) is 3.69. The second-order valence-corrected chi connectivity index (χ2v) is 7.72. The van der Waals surface area contributed by atoms with E-state index in [-0.39, 0.29) is 23.8 Å². The molecule has 0 bridgehead atoms. The van der Waals surface area contributed by atoms with Crippen molar-refractivity contribution in [1.29, 1.82) is 0 Å². The largest absolute Gasteiger partial charge is 0.503 e. The minimum absolute atomic E-state index is 0.0634. The van der Waals surface area contributed by atoms with Gasteiger partial charge in [-0.05, 0) is 32.6 Å². The van der Waals surface area contributed by atoms with Crippen LogP contribution in [0.3, 0.4) is 0 Å². The van der Waals surface area contributed by atoms with Gasteiger partial charge in [0.15, 0.2) is 23.2 Å². The molecule has 2 heterocycles. The number of phenolic OH excluding ortho intramolecular Hbond substituents is 1. The van der Waals surface area contributed by atoms with Gasteiger partial charge in [-0.1, -0.05) is 0 Å². The molecule has 0 unspecified atom stereocenters. The van der Waals surface area contributed by atoms with E-state index in [2.05, 4.69) is 15.3 Å². The molecule has 1 aromatic heterocycles. The van der Waals surface area contributed by atoms with E-state index < -0.39 is 17.4 Å². The summed E-state index contributed by atoms with van der Waals surface area (Å²) in [6, 6.07) is 1.65. The maximum Gasteiger partial charge on any atom is 0.246 e. The van der Waals surface area contributed by atoms with Gasteiger partial charge in [0.05, 0.1) is 11.8 Å². The van der Waals surface area contributed by atoms with Crippen LogP contribution in [0.25, 0.3) is 0 Å². The molecular weight excluding hydrogens is 382 g/mol. The standard InChI is InChI=1S/C20H22F2N4O3/c1-9-17-19(26(3)10(2)20(28)25-17)24-16(23-9)6-11-4-12(5-11)29-13-7-14(21)18(27)15(22)8-13/h7-8,10-12,27H,4-6H2,1-3H3,(H,25,28)/t10-,11?,12?/m0/s1. The minimum Gasteiger partial charge on any atom is -0.503 e. The van der Waals surface area contributed by atoms with Crippen LogP contribution in [0.5, 0.6) is 11.5 Å². The van der Waals surface area contributed by atoms with Crippen molar-refractivity contribution >= 4 is 17.4 Å². The molecule has 9 heteroatoms. The number of carbonyl (C=O) groups is 1. The number of likely N-dealkylation sites (N-methyl/N-ethyl adjacent to an activating group) is 1. The van der Waals surface area contributed by atoms with Crippen molar-refractivity contribution in [2.24, 2.45) is 5.92 Å². The van der Waals surface area contributed by atoms with Crippen LogP contribution >= 0.6 is 0 Å². The van der Waals surface area contributed by atoms with Crippen LogP contribution in [0.15, 0.2) is 12.1 Å². The number of nitrogens with zero attached hydrogens (tertiary/aromatic N) is 3. The van der Waals surface area contributed by atoms with E-state index in [1.54, 1.807) is 0 Å². The first-order chi connectivity index (χ1) is 13.7. The summed E-state index contributed by atoms with van der Waals surface area (Å²) in [7, 11) is 1.83. The van der Waals surface area contributed by atoms with Crippen LogP contribution in [-0.2, 0) is 11.2 Å². The Balaban J connectivity index is 1.40. The zero-order valence-corrected chi connectivity index (χ0v) is 16.4. The molecule has 0 spiro atoms. The number of benzene rings is 1. The van der Waals surface area contributed by atoms with E-state index in [0.717, 1.165) is 17.8 Å². The molecule has 0 radical (unpaired) electrons. The summed E-state index contributed by atoms with van der Waals surface area (Å²) in [5.74, 6) is -1.40. The summed E-state index contributed by atoms with van der Waals surface area (Å²) in [5, 5.41) is 12.0. The van der Waals surface area contributed by atoms with Gasteiger partial charge < -0.3 is 20.1 Å². The van der Waals surface area contributed by atoms with E-state index in [4.69, 9.17) is 9.84 Å². The van der Waals surface area contributed by atoms with Gasteiger partial charge >= 0.3 is 0 Å². The number of phenols is 1. The molecule has 1 saturated carbocycles. The maximum atomic E-state index is 13.4. The number of anilines is 2. The number of carbonyl (C=O) groups excluding carboxylic acids is 1. The molecule has 7 nitrogen and oxygen atoms in total. The van der Waals surface area contributed by atoms with Crippen molar-refractivity contribution < 1.29 is 23.4 Å². The Morgan fingerprint density at radius 2 is 1.93 bits per heavy atom. The van der Waals surface area contributed by atoms with E-state index in [1.807, 2.05) is 25.8 Å². The van der Waals surface area contributed by atoms with E-state index >= 15 is 0 Å². The highest BCUT2D eigenvalue weighted by Crippen LogP contribution is 2.36. The highest BCUT2D eigenvalue weighted by Gasteiger charge is 2.34. The topological polar surface area (TPSA) is 87.6 Å². The van der Waals surface area contributed by atoms with Gasteiger partial charge in [-0.25, -0.2) is 18.7 Å².